The van der Waals surface area contributed by atoms with Crippen LogP contribution in [0.25, 0.3) is 11.3 Å². The minimum absolute atomic E-state index is 0.0551. The molecule has 1 amide bonds. The van der Waals surface area contributed by atoms with Gasteiger partial charge in [-0.25, -0.2) is 23.1 Å². The van der Waals surface area contributed by atoms with Crippen LogP contribution in [0.2, 0.25) is 0 Å². The van der Waals surface area contributed by atoms with Gasteiger partial charge >= 0.3 is 0 Å². The molecule has 52 heavy (non-hydrogen) atoms. The number of aromatic nitrogens is 4. The van der Waals surface area contributed by atoms with E-state index in [1.165, 1.54) is 18.6 Å². The van der Waals surface area contributed by atoms with Crippen LogP contribution in [-0.2, 0) is 16.6 Å². The first-order valence-corrected chi connectivity index (χ1v) is 20.1. The Labute approximate surface area is 307 Å². The van der Waals surface area contributed by atoms with Crippen molar-refractivity contribution >= 4 is 27.7 Å². The summed E-state index contributed by atoms with van der Waals surface area (Å²) in [5, 5.41) is 0. The number of carbonyl (C=O) groups excluding carboxylic acids is 1. The predicted molar refractivity (Wildman–Crippen MR) is 202 cm³/mol. The smallest absolute Gasteiger partial charge is 0.264 e. The molecule has 4 aromatic rings. The molecule has 2 fully saturated rings. The molecule has 1 unspecified atom stereocenters. The zero-order valence-electron chi connectivity index (χ0n) is 30.6. The van der Waals surface area contributed by atoms with Crippen molar-refractivity contribution in [1.29, 1.82) is 0 Å². The number of amides is 1. The number of aryl methyl sites for hydroxylation is 2. The molecule has 2 aromatic heterocycles. The van der Waals surface area contributed by atoms with Crippen molar-refractivity contribution in [1.82, 2.24) is 24.8 Å². The van der Waals surface area contributed by atoms with E-state index in [9.17, 15) is 13.2 Å². The maximum Gasteiger partial charge on any atom is 0.264 e. The number of hydrogen-bond donors (Lipinski definition) is 1. The van der Waals surface area contributed by atoms with Crippen molar-refractivity contribution in [2.24, 2.45) is 11.8 Å². The quantitative estimate of drug-likeness (QED) is 0.208. The Hall–Kier alpha value is -4.58. The number of anilines is 2. The summed E-state index contributed by atoms with van der Waals surface area (Å²) in [5.74, 6) is 1.55. The maximum atomic E-state index is 14.7. The number of hydrogen-bond acceptors (Lipinski definition) is 9. The average Bonchev–Trinajstić information content (AvgIpc) is 3.63. The average molecular weight is 724 g/mol. The molecule has 274 valence electrons. The van der Waals surface area contributed by atoms with Gasteiger partial charge in [0.1, 0.15) is 12.4 Å². The van der Waals surface area contributed by atoms with Gasteiger partial charge in [0.2, 0.25) is 11.8 Å². The number of nitrogens with zero attached hydrogens (tertiary/aromatic N) is 6. The van der Waals surface area contributed by atoms with Gasteiger partial charge in [-0.3, -0.25) is 9.78 Å². The van der Waals surface area contributed by atoms with Gasteiger partial charge in [0.25, 0.3) is 15.9 Å². The molecule has 3 aliphatic rings. The topological polar surface area (TPSA) is 131 Å². The monoisotopic (exact) mass is 723 g/mol. The number of sulfonamides is 1. The molecule has 1 saturated heterocycles. The van der Waals surface area contributed by atoms with Crippen molar-refractivity contribution in [2.45, 2.75) is 103 Å². The lowest BCUT2D eigenvalue weighted by molar-refractivity contribution is 0.0527. The van der Waals surface area contributed by atoms with Crippen LogP contribution in [0.5, 0.6) is 5.88 Å². The van der Waals surface area contributed by atoms with Crippen molar-refractivity contribution in [2.75, 3.05) is 22.8 Å². The second kappa shape index (κ2) is 15.2. The molecule has 12 heteroatoms. The van der Waals surface area contributed by atoms with E-state index in [1.54, 1.807) is 24.4 Å². The minimum Gasteiger partial charge on any atom is -0.475 e. The van der Waals surface area contributed by atoms with Gasteiger partial charge in [-0.15, -0.1) is 0 Å². The summed E-state index contributed by atoms with van der Waals surface area (Å²) in [6.45, 7) is 9.74. The molecule has 2 aromatic carbocycles. The van der Waals surface area contributed by atoms with Gasteiger partial charge in [0.15, 0.2) is 0 Å². The molecule has 0 spiro atoms. The maximum absolute atomic E-state index is 14.7. The van der Waals surface area contributed by atoms with Crippen LogP contribution in [0.1, 0.15) is 92.4 Å². The minimum atomic E-state index is -4.17. The Morgan fingerprint density at radius 3 is 2.46 bits per heavy atom. The fourth-order valence-corrected chi connectivity index (χ4v) is 9.22. The largest absolute Gasteiger partial charge is 0.475 e. The number of ether oxygens (including phenoxy) is 1. The second-order valence-corrected chi connectivity index (χ2v) is 16.7. The molecule has 1 N–H and O–H groups in total. The van der Waals surface area contributed by atoms with Crippen molar-refractivity contribution in [3.8, 4) is 17.1 Å². The molecule has 7 rings (SSSR count). The van der Waals surface area contributed by atoms with Gasteiger partial charge in [0, 0.05) is 29.8 Å². The Kier molecular flexibility index (Phi) is 10.5. The lowest BCUT2D eigenvalue weighted by Gasteiger charge is -2.35. The Bertz CT molecular complexity index is 2010. The fourth-order valence-electron chi connectivity index (χ4n) is 8.23. The van der Waals surface area contributed by atoms with Crippen LogP contribution >= 0.6 is 0 Å². The van der Waals surface area contributed by atoms with Crippen LogP contribution in [0.15, 0.2) is 65.8 Å². The first kappa shape index (κ1) is 35.8. The molecule has 1 aliphatic carbocycles. The number of rotatable bonds is 7. The third-order valence-corrected chi connectivity index (χ3v) is 12.2. The standard InChI is InChI=1S/C40H49N7O4S/c1-26(2)35-17-10-18-46(35)36-23-41-22-31(42-36)24-47-32(19-29-13-6-5-7-14-29)25-51-37-21-34(38-27(3)11-8-12-28(38)4)43-40(44-37)45-52(49,50)33-16-9-15-30(20-33)39(47)48/h8-9,11-12,15-16,20-23,26,29,32,35H,5-7,10,13-14,17-19,24-25H2,1-4H3,(H,43,44,45)/t32-,35?/m1/s1. The van der Waals surface area contributed by atoms with Crippen LogP contribution in [0, 0.1) is 25.7 Å². The molecule has 1 saturated carbocycles. The van der Waals surface area contributed by atoms with E-state index in [1.807, 2.05) is 43.1 Å². The zero-order chi connectivity index (χ0) is 36.4. The van der Waals surface area contributed by atoms with Crippen molar-refractivity contribution < 1.29 is 17.9 Å². The van der Waals surface area contributed by atoms with E-state index >= 15 is 0 Å². The Balaban J connectivity index is 1.32. The lowest BCUT2D eigenvalue weighted by atomic mass is 9.84. The zero-order valence-corrected chi connectivity index (χ0v) is 31.4. The highest BCUT2D eigenvalue weighted by atomic mass is 32.2. The summed E-state index contributed by atoms with van der Waals surface area (Å²) < 4.78 is 36.7. The molecular formula is C40H49N7O4S. The Morgan fingerprint density at radius 1 is 0.923 bits per heavy atom. The van der Waals surface area contributed by atoms with Crippen LogP contribution in [0.4, 0.5) is 11.8 Å². The van der Waals surface area contributed by atoms with Gasteiger partial charge < -0.3 is 14.5 Å². The summed E-state index contributed by atoms with van der Waals surface area (Å²) in [6, 6.07) is 13.9. The van der Waals surface area contributed by atoms with Crippen molar-refractivity contribution in [3.05, 3.63) is 83.3 Å². The molecule has 4 bridgehead atoms. The molecule has 11 nitrogen and oxygen atoms in total. The van der Waals surface area contributed by atoms with E-state index in [0.29, 0.717) is 29.3 Å². The predicted octanol–water partition coefficient (Wildman–Crippen LogP) is 7.35. The highest BCUT2D eigenvalue weighted by molar-refractivity contribution is 7.92. The van der Waals surface area contributed by atoms with E-state index in [-0.39, 0.29) is 47.4 Å². The number of fused-ring (bicyclic) bond motifs is 4. The van der Waals surface area contributed by atoms with E-state index in [4.69, 9.17) is 9.72 Å². The number of nitrogens with one attached hydrogen (secondary N) is 1. The molecule has 4 heterocycles. The second-order valence-electron chi connectivity index (χ2n) is 15.0. The molecule has 2 aliphatic heterocycles. The summed E-state index contributed by atoms with van der Waals surface area (Å²) in [5.41, 5.74) is 4.36. The number of carbonyl (C=O) groups is 1. The van der Waals surface area contributed by atoms with Gasteiger partial charge in [-0.1, -0.05) is 70.2 Å². The summed E-state index contributed by atoms with van der Waals surface area (Å²) in [4.78, 5) is 37.7. The normalized spacial score (nSPS) is 20.8. The summed E-state index contributed by atoms with van der Waals surface area (Å²) in [7, 11) is -4.17. The van der Waals surface area contributed by atoms with Crippen molar-refractivity contribution in [3.63, 3.8) is 0 Å². The van der Waals surface area contributed by atoms with Gasteiger partial charge in [-0.05, 0) is 74.3 Å². The molecular weight excluding hydrogens is 675 g/mol. The van der Waals surface area contributed by atoms with Crippen LogP contribution < -0.4 is 14.4 Å². The van der Waals surface area contributed by atoms with Gasteiger partial charge in [0.05, 0.1) is 41.3 Å². The third kappa shape index (κ3) is 7.77. The lowest BCUT2D eigenvalue weighted by Crippen LogP contribution is -2.45. The highest BCUT2D eigenvalue weighted by Gasteiger charge is 2.33. The number of benzene rings is 2. The summed E-state index contributed by atoms with van der Waals surface area (Å²) in [6.07, 6.45) is 12.2. The van der Waals surface area contributed by atoms with Crippen LogP contribution in [-0.4, -0.2) is 64.4 Å². The fraction of sp³-hybridized carbons (Fsp3) is 0.475. The third-order valence-electron chi connectivity index (χ3n) is 10.9. The van der Waals surface area contributed by atoms with E-state index in [2.05, 4.69) is 38.4 Å². The first-order valence-electron chi connectivity index (χ1n) is 18.7. The van der Waals surface area contributed by atoms with Gasteiger partial charge in [-0.2, -0.15) is 4.98 Å². The molecule has 2 atom stereocenters. The van der Waals surface area contributed by atoms with E-state index < -0.39 is 10.0 Å². The summed E-state index contributed by atoms with van der Waals surface area (Å²) >= 11 is 0. The molecule has 0 radical (unpaired) electrons. The highest BCUT2D eigenvalue weighted by Crippen LogP contribution is 2.33. The van der Waals surface area contributed by atoms with E-state index in [0.717, 1.165) is 74.0 Å². The first-order chi connectivity index (χ1) is 25.1. The van der Waals surface area contributed by atoms with Crippen LogP contribution in [0.3, 0.4) is 0 Å². The Morgan fingerprint density at radius 2 is 1.69 bits per heavy atom. The SMILES string of the molecule is Cc1cccc(C)c1-c1cc2nc(n1)NS(=O)(=O)c1cccc(c1)C(=O)N(Cc1cncc(N3CCCC3C(C)C)n1)[C@H](CC1CCCCC1)CO2.